The second-order valence-electron chi connectivity index (χ2n) is 5.66. The molecule has 0 amide bonds. The smallest absolute Gasteiger partial charge is 0.309 e. The predicted octanol–water partition coefficient (Wildman–Crippen LogP) is 2.94. The first-order valence-corrected chi connectivity index (χ1v) is 7.72. The monoisotopic (exact) mass is 286 g/mol. The number of esters is 1. The molecule has 1 aliphatic heterocycles. The topological polar surface area (TPSA) is 45.3 Å². The van der Waals surface area contributed by atoms with Crippen LogP contribution in [0.2, 0.25) is 0 Å². The summed E-state index contributed by atoms with van der Waals surface area (Å²) in [6.45, 7) is 5.21. The van der Waals surface area contributed by atoms with E-state index < -0.39 is 0 Å². The number of nitrogens with one attached hydrogen (secondary N) is 1. The van der Waals surface area contributed by atoms with Gasteiger partial charge in [-0.2, -0.15) is 0 Å². The number of fused-ring (bicyclic) bond motifs is 1. The van der Waals surface area contributed by atoms with Gasteiger partial charge in [-0.3, -0.25) is 9.69 Å². The molecule has 2 aromatic rings. The fourth-order valence-corrected chi connectivity index (χ4v) is 3.09. The highest BCUT2D eigenvalue weighted by molar-refractivity contribution is 5.83. The molecular formula is C17H22N2O2. The molecule has 1 aliphatic rings. The Morgan fingerprint density at radius 2 is 2.10 bits per heavy atom. The van der Waals surface area contributed by atoms with Gasteiger partial charge >= 0.3 is 5.97 Å². The lowest BCUT2D eigenvalue weighted by molar-refractivity contribution is -0.149. The predicted molar refractivity (Wildman–Crippen MR) is 82.9 cm³/mol. The quantitative estimate of drug-likeness (QED) is 0.879. The molecule has 0 spiro atoms. The minimum Gasteiger partial charge on any atom is -0.466 e. The van der Waals surface area contributed by atoms with E-state index in [1.165, 1.54) is 16.5 Å². The zero-order valence-electron chi connectivity index (χ0n) is 12.5. The number of nitrogens with zero attached hydrogens (tertiary/aromatic N) is 1. The first-order chi connectivity index (χ1) is 10.3. The van der Waals surface area contributed by atoms with Gasteiger partial charge in [-0.25, -0.2) is 0 Å². The summed E-state index contributed by atoms with van der Waals surface area (Å²) in [4.78, 5) is 17.5. The van der Waals surface area contributed by atoms with Gasteiger partial charge in [0.15, 0.2) is 0 Å². The minimum atomic E-state index is -0.0238. The lowest BCUT2D eigenvalue weighted by Crippen LogP contribution is -2.36. The number of H-pyrrole nitrogens is 1. The highest BCUT2D eigenvalue weighted by Gasteiger charge is 2.26. The van der Waals surface area contributed by atoms with Gasteiger partial charge in [0.1, 0.15) is 0 Å². The van der Waals surface area contributed by atoms with Crippen molar-refractivity contribution in [2.45, 2.75) is 26.3 Å². The second-order valence-corrected chi connectivity index (χ2v) is 5.66. The van der Waals surface area contributed by atoms with Crippen molar-refractivity contribution >= 4 is 16.9 Å². The van der Waals surface area contributed by atoms with E-state index >= 15 is 0 Å². The van der Waals surface area contributed by atoms with Gasteiger partial charge < -0.3 is 9.72 Å². The fourth-order valence-electron chi connectivity index (χ4n) is 3.09. The van der Waals surface area contributed by atoms with Crippen LogP contribution in [0.5, 0.6) is 0 Å². The molecule has 4 heteroatoms. The minimum absolute atomic E-state index is 0.0238. The zero-order valence-corrected chi connectivity index (χ0v) is 12.5. The van der Waals surface area contributed by atoms with Crippen molar-refractivity contribution in [3.05, 3.63) is 36.0 Å². The highest BCUT2D eigenvalue weighted by atomic mass is 16.5. The van der Waals surface area contributed by atoms with Crippen LogP contribution >= 0.6 is 0 Å². The fraction of sp³-hybridized carbons (Fsp3) is 0.471. The Morgan fingerprint density at radius 1 is 1.33 bits per heavy atom. The Morgan fingerprint density at radius 3 is 2.86 bits per heavy atom. The largest absolute Gasteiger partial charge is 0.466 e. The summed E-state index contributed by atoms with van der Waals surface area (Å²) in [6.07, 6.45) is 3.91. The summed E-state index contributed by atoms with van der Waals surface area (Å²) >= 11 is 0. The van der Waals surface area contributed by atoms with Gasteiger partial charge in [-0.05, 0) is 44.5 Å². The van der Waals surface area contributed by atoms with Crippen molar-refractivity contribution in [2.75, 3.05) is 19.7 Å². The van der Waals surface area contributed by atoms with Gasteiger partial charge in [0.25, 0.3) is 0 Å². The number of rotatable bonds is 4. The van der Waals surface area contributed by atoms with Crippen LogP contribution in [0.4, 0.5) is 0 Å². The lowest BCUT2D eigenvalue weighted by atomic mass is 9.96. The lowest BCUT2D eigenvalue weighted by Gasteiger charge is -2.30. The van der Waals surface area contributed by atoms with Gasteiger partial charge in [-0.15, -0.1) is 0 Å². The summed E-state index contributed by atoms with van der Waals surface area (Å²) in [5.74, 6) is 0.0633. The van der Waals surface area contributed by atoms with Crippen LogP contribution in [0.15, 0.2) is 30.5 Å². The number of carbonyl (C=O) groups excluding carboxylic acids is 1. The van der Waals surface area contributed by atoms with Crippen LogP contribution < -0.4 is 0 Å². The van der Waals surface area contributed by atoms with Crippen LogP contribution in [-0.2, 0) is 16.1 Å². The van der Waals surface area contributed by atoms with E-state index in [9.17, 15) is 4.79 Å². The van der Waals surface area contributed by atoms with Crippen molar-refractivity contribution in [1.82, 2.24) is 9.88 Å². The van der Waals surface area contributed by atoms with E-state index in [2.05, 4.69) is 34.3 Å². The van der Waals surface area contributed by atoms with Crippen LogP contribution in [-0.4, -0.2) is 35.5 Å². The molecule has 0 atom stereocenters. The van der Waals surface area contributed by atoms with E-state index in [0.29, 0.717) is 6.61 Å². The summed E-state index contributed by atoms with van der Waals surface area (Å²) in [5.41, 5.74) is 2.52. The SMILES string of the molecule is CCOC(=O)C1CCN(Cc2c[nH]c3ccccc23)CC1. The third-order valence-corrected chi connectivity index (χ3v) is 4.28. The van der Waals surface area contributed by atoms with Crippen molar-refractivity contribution in [1.29, 1.82) is 0 Å². The number of piperidine rings is 1. The molecule has 1 N–H and O–H groups in total. The maximum atomic E-state index is 11.8. The summed E-state index contributed by atoms with van der Waals surface area (Å²) in [7, 11) is 0. The number of carbonyl (C=O) groups is 1. The summed E-state index contributed by atoms with van der Waals surface area (Å²) in [5, 5.41) is 1.30. The number of likely N-dealkylation sites (tertiary alicyclic amines) is 1. The molecule has 0 unspecified atom stereocenters. The third kappa shape index (κ3) is 3.10. The number of hydrogen-bond acceptors (Lipinski definition) is 3. The molecule has 1 fully saturated rings. The number of para-hydroxylation sites is 1. The van der Waals surface area contributed by atoms with Crippen LogP contribution in [0.3, 0.4) is 0 Å². The Hall–Kier alpha value is -1.81. The van der Waals surface area contributed by atoms with Crippen molar-refractivity contribution in [3.63, 3.8) is 0 Å². The third-order valence-electron chi connectivity index (χ3n) is 4.28. The van der Waals surface area contributed by atoms with E-state index in [0.717, 1.165) is 32.5 Å². The first kappa shape index (κ1) is 14.1. The molecular weight excluding hydrogens is 264 g/mol. The number of aromatic nitrogens is 1. The maximum absolute atomic E-state index is 11.8. The second kappa shape index (κ2) is 6.31. The van der Waals surface area contributed by atoms with Gasteiger partial charge in [0.2, 0.25) is 0 Å². The number of ether oxygens (including phenoxy) is 1. The van der Waals surface area contributed by atoms with Gasteiger partial charge in [-0.1, -0.05) is 18.2 Å². The van der Waals surface area contributed by atoms with Crippen molar-refractivity contribution in [2.24, 2.45) is 5.92 Å². The Bertz CT molecular complexity index is 612. The molecule has 0 radical (unpaired) electrons. The van der Waals surface area contributed by atoms with Crippen molar-refractivity contribution < 1.29 is 9.53 Å². The number of hydrogen-bond donors (Lipinski definition) is 1. The Labute approximate surface area is 125 Å². The highest BCUT2D eigenvalue weighted by Crippen LogP contribution is 2.23. The molecule has 112 valence electrons. The van der Waals surface area contributed by atoms with E-state index in [4.69, 9.17) is 4.74 Å². The molecule has 3 rings (SSSR count). The first-order valence-electron chi connectivity index (χ1n) is 7.72. The molecule has 1 aromatic carbocycles. The molecule has 1 aromatic heterocycles. The van der Waals surface area contributed by atoms with Crippen molar-refractivity contribution in [3.8, 4) is 0 Å². The van der Waals surface area contributed by atoms with Crippen LogP contribution in [0.25, 0.3) is 10.9 Å². The van der Waals surface area contributed by atoms with Gasteiger partial charge in [0.05, 0.1) is 12.5 Å². The average molecular weight is 286 g/mol. The Kier molecular flexibility index (Phi) is 4.25. The average Bonchev–Trinajstić information content (AvgIpc) is 2.92. The number of aromatic amines is 1. The molecule has 1 saturated heterocycles. The Balaban J connectivity index is 1.59. The normalized spacial score (nSPS) is 17.2. The molecule has 4 nitrogen and oxygen atoms in total. The number of benzene rings is 1. The molecule has 0 aliphatic carbocycles. The van der Waals surface area contributed by atoms with Crippen LogP contribution in [0, 0.1) is 5.92 Å². The summed E-state index contributed by atoms with van der Waals surface area (Å²) in [6, 6.07) is 8.39. The standard InChI is InChI=1S/C17H22N2O2/c1-2-21-17(20)13-7-9-19(10-8-13)12-14-11-18-16-6-4-3-5-15(14)16/h3-6,11,13,18H,2,7-10,12H2,1H3. The van der Waals surface area contributed by atoms with Crippen LogP contribution in [0.1, 0.15) is 25.3 Å². The molecule has 21 heavy (non-hydrogen) atoms. The summed E-state index contributed by atoms with van der Waals surface area (Å²) < 4.78 is 5.12. The zero-order chi connectivity index (χ0) is 14.7. The van der Waals surface area contributed by atoms with E-state index in [1.807, 2.05) is 13.0 Å². The molecule has 0 bridgehead atoms. The molecule has 0 saturated carbocycles. The maximum Gasteiger partial charge on any atom is 0.309 e. The molecule has 2 heterocycles. The van der Waals surface area contributed by atoms with E-state index in [1.54, 1.807) is 0 Å². The van der Waals surface area contributed by atoms with E-state index in [-0.39, 0.29) is 11.9 Å². The van der Waals surface area contributed by atoms with Gasteiger partial charge in [0, 0.05) is 23.6 Å².